The molecule has 0 N–H and O–H groups in total. The van der Waals surface area contributed by atoms with Crippen LogP contribution in [0.5, 0.6) is 0 Å². The van der Waals surface area contributed by atoms with E-state index in [-0.39, 0.29) is 0 Å². The predicted molar refractivity (Wildman–Crippen MR) is 92.1 cm³/mol. The fourth-order valence-corrected chi connectivity index (χ4v) is 2.92. The van der Waals surface area contributed by atoms with Gasteiger partial charge in [-0.1, -0.05) is 72.3 Å². The fourth-order valence-electron chi connectivity index (χ4n) is 2.65. The summed E-state index contributed by atoms with van der Waals surface area (Å²) in [5, 5.41) is 1.66. The van der Waals surface area contributed by atoms with Crippen molar-refractivity contribution in [2.75, 3.05) is 0 Å². The van der Waals surface area contributed by atoms with Crippen molar-refractivity contribution in [3.05, 3.63) is 83.9 Å². The Bertz CT molecular complexity index is 924. The molecule has 4 aromatic rings. The van der Waals surface area contributed by atoms with Crippen molar-refractivity contribution in [3.63, 3.8) is 0 Å². The summed E-state index contributed by atoms with van der Waals surface area (Å²) in [6, 6.07) is 26.4. The number of benzene rings is 3. The van der Waals surface area contributed by atoms with Crippen molar-refractivity contribution in [1.82, 2.24) is 0 Å². The zero-order chi connectivity index (χ0) is 14.9. The van der Waals surface area contributed by atoms with Gasteiger partial charge in [0.1, 0.15) is 5.76 Å². The van der Waals surface area contributed by atoms with Crippen molar-refractivity contribution in [3.8, 4) is 22.5 Å². The number of rotatable bonds is 2. The number of hydrogen-bond acceptors (Lipinski definition) is 1. The molecule has 22 heavy (non-hydrogen) atoms. The maximum absolute atomic E-state index is 6.42. The molecule has 1 heterocycles. The molecule has 0 unspecified atom stereocenters. The summed E-state index contributed by atoms with van der Waals surface area (Å²) in [7, 11) is 0. The zero-order valence-corrected chi connectivity index (χ0v) is 12.5. The van der Waals surface area contributed by atoms with Crippen LogP contribution in [0.3, 0.4) is 0 Å². The first kappa shape index (κ1) is 13.2. The van der Waals surface area contributed by atoms with E-state index in [1.54, 1.807) is 0 Å². The van der Waals surface area contributed by atoms with Crippen LogP contribution in [0.1, 0.15) is 0 Å². The van der Waals surface area contributed by atoms with Crippen molar-refractivity contribution < 1.29 is 4.42 Å². The number of furan rings is 1. The first-order valence-corrected chi connectivity index (χ1v) is 7.53. The highest BCUT2D eigenvalue weighted by atomic mass is 35.5. The Hall–Kier alpha value is -2.51. The van der Waals surface area contributed by atoms with E-state index in [0.29, 0.717) is 5.02 Å². The summed E-state index contributed by atoms with van der Waals surface area (Å²) in [6.45, 7) is 0. The molecule has 1 nitrogen and oxygen atoms in total. The van der Waals surface area contributed by atoms with E-state index >= 15 is 0 Å². The molecular formula is C20H13ClO. The van der Waals surface area contributed by atoms with Crippen molar-refractivity contribution in [2.45, 2.75) is 0 Å². The second-order valence-electron chi connectivity index (χ2n) is 5.22. The monoisotopic (exact) mass is 304 g/mol. The van der Waals surface area contributed by atoms with E-state index < -0.39 is 0 Å². The smallest absolute Gasteiger partial charge is 0.153 e. The van der Waals surface area contributed by atoms with Gasteiger partial charge in [0, 0.05) is 10.9 Å². The SMILES string of the molecule is Clc1cc(-c2ccccc2)cc2cc(-c3ccccc3)oc12. The van der Waals surface area contributed by atoms with Gasteiger partial charge in [0.05, 0.1) is 5.02 Å². The van der Waals surface area contributed by atoms with Gasteiger partial charge in [0.2, 0.25) is 0 Å². The molecule has 0 amide bonds. The normalized spacial score (nSPS) is 11.0. The van der Waals surface area contributed by atoms with Crippen LogP contribution in [0, 0.1) is 0 Å². The van der Waals surface area contributed by atoms with Gasteiger partial charge in [-0.3, -0.25) is 0 Å². The molecule has 0 saturated carbocycles. The molecule has 0 spiro atoms. The van der Waals surface area contributed by atoms with Crippen LogP contribution in [0.2, 0.25) is 5.02 Å². The van der Waals surface area contributed by atoms with Gasteiger partial charge >= 0.3 is 0 Å². The Balaban J connectivity index is 1.88. The molecule has 1 aromatic heterocycles. The number of fused-ring (bicyclic) bond motifs is 1. The molecule has 0 aliphatic heterocycles. The van der Waals surface area contributed by atoms with E-state index in [9.17, 15) is 0 Å². The maximum Gasteiger partial charge on any atom is 0.153 e. The molecule has 0 aliphatic rings. The third-order valence-electron chi connectivity index (χ3n) is 3.74. The van der Waals surface area contributed by atoms with Gasteiger partial charge in [0.25, 0.3) is 0 Å². The Morgan fingerprint density at radius 1 is 0.636 bits per heavy atom. The Morgan fingerprint density at radius 3 is 1.95 bits per heavy atom. The Morgan fingerprint density at radius 2 is 1.27 bits per heavy atom. The molecule has 0 radical (unpaired) electrons. The van der Waals surface area contributed by atoms with E-state index in [4.69, 9.17) is 16.0 Å². The van der Waals surface area contributed by atoms with Crippen molar-refractivity contribution in [2.24, 2.45) is 0 Å². The first-order valence-electron chi connectivity index (χ1n) is 7.15. The third-order valence-corrected chi connectivity index (χ3v) is 4.02. The average molecular weight is 305 g/mol. The van der Waals surface area contributed by atoms with Gasteiger partial charge in [0.15, 0.2) is 5.58 Å². The minimum Gasteiger partial charge on any atom is -0.455 e. The fraction of sp³-hybridized carbons (Fsp3) is 0. The lowest BCUT2D eigenvalue weighted by atomic mass is 10.0. The Labute approximate surface area is 133 Å². The highest BCUT2D eigenvalue weighted by Crippen LogP contribution is 2.35. The van der Waals surface area contributed by atoms with E-state index in [1.165, 1.54) is 0 Å². The molecule has 0 saturated heterocycles. The quantitative estimate of drug-likeness (QED) is 0.416. The second-order valence-corrected chi connectivity index (χ2v) is 5.63. The van der Waals surface area contributed by atoms with Crippen LogP contribution in [0.15, 0.2) is 83.3 Å². The molecule has 0 bridgehead atoms. The lowest BCUT2D eigenvalue weighted by Gasteiger charge is -2.02. The standard InChI is InChI=1S/C20H13ClO/c21-18-12-16(14-7-3-1-4-8-14)11-17-13-19(22-20(17)18)15-9-5-2-6-10-15/h1-13H. The van der Waals surface area contributed by atoms with Gasteiger partial charge in [-0.05, 0) is 29.3 Å². The minimum absolute atomic E-state index is 0.638. The van der Waals surface area contributed by atoms with Crippen LogP contribution in [-0.2, 0) is 0 Å². The van der Waals surface area contributed by atoms with Crippen LogP contribution >= 0.6 is 11.6 Å². The lowest BCUT2D eigenvalue weighted by Crippen LogP contribution is -1.77. The summed E-state index contributed by atoms with van der Waals surface area (Å²) in [4.78, 5) is 0. The van der Waals surface area contributed by atoms with Gasteiger partial charge in [-0.15, -0.1) is 0 Å². The summed E-state index contributed by atoms with van der Waals surface area (Å²) >= 11 is 6.42. The summed E-state index contributed by atoms with van der Waals surface area (Å²) in [6.07, 6.45) is 0. The summed E-state index contributed by atoms with van der Waals surface area (Å²) in [5.74, 6) is 0.836. The summed E-state index contributed by atoms with van der Waals surface area (Å²) in [5.41, 5.74) is 4.03. The molecule has 4 rings (SSSR count). The topological polar surface area (TPSA) is 13.1 Å². The molecule has 2 heteroatoms. The molecule has 0 aliphatic carbocycles. The van der Waals surface area contributed by atoms with Gasteiger partial charge < -0.3 is 4.42 Å². The molecule has 0 fully saturated rings. The van der Waals surface area contributed by atoms with Crippen molar-refractivity contribution >= 4 is 22.6 Å². The number of halogens is 1. The third kappa shape index (κ3) is 2.30. The zero-order valence-electron chi connectivity index (χ0n) is 11.8. The van der Waals surface area contributed by atoms with E-state index in [1.807, 2.05) is 60.7 Å². The van der Waals surface area contributed by atoms with Crippen LogP contribution in [0.25, 0.3) is 33.4 Å². The summed E-state index contributed by atoms with van der Waals surface area (Å²) < 4.78 is 5.94. The van der Waals surface area contributed by atoms with Crippen LogP contribution < -0.4 is 0 Å². The van der Waals surface area contributed by atoms with Gasteiger partial charge in [-0.2, -0.15) is 0 Å². The highest BCUT2D eigenvalue weighted by Gasteiger charge is 2.11. The molecule has 3 aromatic carbocycles. The second kappa shape index (κ2) is 5.36. The van der Waals surface area contributed by atoms with E-state index in [2.05, 4.69) is 18.2 Å². The largest absolute Gasteiger partial charge is 0.455 e. The average Bonchev–Trinajstić information content (AvgIpc) is 3.01. The Kier molecular flexibility index (Phi) is 3.21. The molecule has 0 atom stereocenters. The minimum atomic E-state index is 0.638. The van der Waals surface area contributed by atoms with E-state index in [0.717, 1.165) is 33.4 Å². The maximum atomic E-state index is 6.42. The van der Waals surface area contributed by atoms with Crippen LogP contribution in [0.4, 0.5) is 0 Å². The van der Waals surface area contributed by atoms with Crippen molar-refractivity contribution in [1.29, 1.82) is 0 Å². The predicted octanol–water partition coefficient (Wildman–Crippen LogP) is 6.42. The lowest BCUT2D eigenvalue weighted by molar-refractivity contribution is 0.632. The van der Waals surface area contributed by atoms with Gasteiger partial charge in [-0.25, -0.2) is 0 Å². The number of hydrogen-bond donors (Lipinski definition) is 0. The molecule has 106 valence electrons. The van der Waals surface area contributed by atoms with Crippen LogP contribution in [-0.4, -0.2) is 0 Å². The molecular weight excluding hydrogens is 292 g/mol. The first-order chi connectivity index (χ1) is 10.8. The highest BCUT2D eigenvalue weighted by molar-refractivity contribution is 6.35.